The summed E-state index contributed by atoms with van der Waals surface area (Å²) in [6.07, 6.45) is -2.06. The highest BCUT2D eigenvalue weighted by molar-refractivity contribution is 5.90. The van der Waals surface area contributed by atoms with Crippen LogP contribution >= 0.6 is 0 Å². The van der Waals surface area contributed by atoms with Crippen molar-refractivity contribution in [3.8, 4) is 0 Å². The van der Waals surface area contributed by atoms with Crippen LogP contribution < -0.4 is 5.32 Å². The zero-order valence-corrected chi connectivity index (χ0v) is 12.4. The highest BCUT2D eigenvalue weighted by atomic mass is 19.4. The zero-order chi connectivity index (χ0) is 17.0. The van der Waals surface area contributed by atoms with Gasteiger partial charge in [-0.1, -0.05) is 0 Å². The third kappa shape index (κ3) is 4.82. The first-order valence-electron chi connectivity index (χ1n) is 7.38. The zero-order valence-electron chi connectivity index (χ0n) is 12.4. The predicted molar refractivity (Wildman–Crippen MR) is 76.5 cm³/mol. The number of nitrogens with zero attached hydrogens (tertiary/aromatic N) is 1. The van der Waals surface area contributed by atoms with Crippen LogP contribution in [0.15, 0.2) is 18.2 Å². The number of carbonyl (C=O) groups is 1. The van der Waals surface area contributed by atoms with Gasteiger partial charge in [-0.25, -0.2) is 9.18 Å². The molecule has 4 nitrogen and oxygen atoms in total. The number of hydrogen-bond acceptors (Lipinski definition) is 2. The minimum atomic E-state index is -4.76. The molecule has 1 fully saturated rings. The number of benzene rings is 1. The minimum absolute atomic E-state index is 0.00366. The van der Waals surface area contributed by atoms with Crippen molar-refractivity contribution in [1.82, 2.24) is 4.90 Å². The summed E-state index contributed by atoms with van der Waals surface area (Å²) in [6, 6.07) is 1.53. The van der Waals surface area contributed by atoms with E-state index in [-0.39, 0.29) is 12.6 Å². The molecule has 8 heteroatoms. The lowest BCUT2D eigenvalue weighted by molar-refractivity contribution is -0.137. The Bertz CT molecular complexity index is 559. The molecule has 0 aliphatic heterocycles. The Morgan fingerprint density at radius 2 is 2.00 bits per heavy atom. The maximum atomic E-state index is 13.1. The first kappa shape index (κ1) is 17.5. The van der Waals surface area contributed by atoms with Crippen molar-refractivity contribution < 1.29 is 27.5 Å². The molecule has 1 aromatic rings. The number of rotatable bonds is 6. The highest BCUT2D eigenvalue weighted by Gasteiger charge is 2.36. The van der Waals surface area contributed by atoms with E-state index in [1.165, 1.54) is 4.90 Å². The Balaban J connectivity index is 2.12. The molecular formula is C15H18F4N2O2. The molecule has 0 heterocycles. The van der Waals surface area contributed by atoms with Gasteiger partial charge in [0.05, 0.1) is 11.3 Å². The normalized spacial score (nSPS) is 14.7. The molecule has 0 atom stereocenters. The Hall–Kier alpha value is -1.83. The summed E-state index contributed by atoms with van der Waals surface area (Å²) in [5, 5.41) is 11.0. The van der Waals surface area contributed by atoms with Gasteiger partial charge < -0.3 is 15.3 Å². The lowest BCUT2D eigenvalue weighted by Crippen LogP contribution is -2.38. The van der Waals surface area contributed by atoms with Crippen molar-refractivity contribution in [2.75, 3.05) is 18.5 Å². The summed E-state index contributed by atoms with van der Waals surface area (Å²) in [7, 11) is 0. The molecule has 23 heavy (non-hydrogen) atoms. The first-order valence-corrected chi connectivity index (χ1v) is 7.38. The van der Waals surface area contributed by atoms with E-state index in [1.54, 1.807) is 0 Å². The number of alkyl halides is 3. The van der Waals surface area contributed by atoms with Gasteiger partial charge in [0.15, 0.2) is 0 Å². The third-order valence-electron chi connectivity index (χ3n) is 3.58. The number of unbranched alkanes of at least 4 members (excludes halogenated alkanes) is 1. The van der Waals surface area contributed by atoms with Crippen molar-refractivity contribution in [2.24, 2.45) is 0 Å². The predicted octanol–water partition coefficient (Wildman–Crippen LogP) is 3.61. The second kappa shape index (κ2) is 7.16. The van der Waals surface area contributed by atoms with Crippen LogP contribution in [0.4, 0.5) is 28.0 Å². The number of hydrogen-bond donors (Lipinski definition) is 2. The standard InChI is InChI=1S/C15H18F4N2O2/c16-10-3-6-13(12(9-10)15(17,18)19)20-14(23)21(11-4-5-11)7-1-2-8-22/h3,6,9,11,22H,1-2,4-5,7-8H2,(H,20,23). The van der Waals surface area contributed by atoms with Crippen LogP contribution in [0.3, 0.4) is 0 Å². The molecule has 0 radical (unpaired) electrons. The lowest BCUT2D eigenvalue weighted by atomic mass is 10.1. The molecule has 2 rings (SSSR count). The Morgan fingerprint density at radius 3 is 2.57 bits per heavy atom. The number of amides is 2. The van der Waals surface area contributed by atoms with E-state index in [2.05, 4.69) is 5.32 Å². The van der Waals surface area contributed by atoms with Crippen LogP contribution in [0.5, 0.6) is 0 Å². The summed E-state index contributed by atoms with van der Waals surface area (Å²) >= 11 is 0. The van der Waals surface area contributed by atoms with Crippen molar-refractivity contribution in [2.45, 2.75) is 37.9 Å². The van der Waals surface area contributed by atoms with E-state index in [4.69, 9.17) is 5.11 Å². The summed E-state index contributed by atoms with van der Waals surface area (Å²) in [6.45, 7) is 0.357. The highest BCUT2D eigenvalue weighted by Crippen LogP contribution is 2.36. The molecule has 2 N–H and O–H groups in total. The average molecular weight is 334 g/mol. The van der Waals surface area contributed by atoms with Gasteiger partial charge in [0.1, 0.15) is 5.82 Å². The molecule has 0 saturated heterocycles. The molecule has 1 saturated carbocycles. The Labute approximate surface area is 131 Å². The molecule has 1 aliphatic rings. The molecule has 0 bridgehead atoms. The van der Waals surface area contributed by atoms with Gasteiger partial charge in [0.25, 0.3) is 0 Å². The molecule has 1 aliphatic carbocycles. The molecule has 128 valence electrons. The summed E-state index contributed by atoms with van der Waals surface area (Å²) in [4.78, 5) is 13.7. The number of nitrogens with one attached hydrogen (secondary N) is 1. The van der Waals surface area contributed by atoms with Crippen molar-refractivity contribution in [1.29, 1.82) is 0 Å². The van der Waals surface area contributed by atoms with E-state index in [9.17, 15) is 22.4 Å². The Kier molecular flexibility index (Phi) is 5.46. The van der Waals surface area contributed by atoms with E-state index >= 15 is 0 Å². The number of urea groups is 1. The summed E-state index contributed by atoms with van der Waals surface area (Å²) in [5.41, 5.74) is -1.67. The maximum Gasteiger partial charge on any atom is 0.418 e. The van der Waals surface area contributed by atoms with Crippen LogP contribution in [0, 0.1) is 5.82 Å². The Morgan fingerprint density at radius 1 is 1.30 bits per heavy atom. The van der Waals surface area contributed by atoms with Crippen LogP contribution in [-0.2, 0) is 6.18 Å². The van der Waals surface area contributed by atoms with Gasteiger partial charge in [0.2, 0.25) is 0 Å². The fourth-order valence-electron chi connectivity index (χ4n) is 2.28. The second-order valence-corrected chi connectivity index (χ2v) is 5.47. The van der Waals surface area contributed by atoms with Gasteiger partial charge in [-0.2, -0.15) is 13.2 Å². The number of aliphatic hydroxyl groups is 1. The first-order chi connectivity index (χ1) is 10.8. The monoisotopic (exact) mass is 334 g/mol. The van der Waals surface area contributed by atoms with E-state index in [0.717, 1.165) is 25.0 Å². The maximum absolute atomic E-state index is 13.1. The van der Waals surface area contributed by atoms with Crippen molar-refractivity contribution in [3.05, 3.63) is 29.6 Å². The molecule has 0 spiro atoms. The smallest absolute Gasteiger partial charge is 0.396 e. The molecule has 0 unspecified atom stereocenters. The van der Waals surface area contributed by atoms with Crippen LogP contribution in [-0.4, -0.2) is 35.2 Å². The van der Waals surface area contributed by atoms with E-state index in [1.807, 2.05) is 0 Å². The van der Waals surface area contributed by atoms with Gasteiger partial charge in [-0.15, -0.1) is 0 Å². The van der Waals surface area contributed by atoms with Gasteiger partial charge in [-0.3, -0.25) is 0 Å². The number of carbonyl (C=O) groups excluding carboxylic acids is 1. The fraction of sp³-hybridized carbons (Fsp3) is 0.533. The molecule has 1 aromatic carbocycles. The van der Waals surface area contributed by atoms with Crippen molar-refractivity contribution in [3.63, 3.8) is 0 Å². The molecular weight excluding hydrogens is 316 g/mol. The third-order valence-corrected chi connectivity index (χ3v) is 3.58. The van der Waals surface area contributed by atoms with Gasteiger partial charge in [0, 0.05) is 19.2 Å². The number of halogens is 4. The van der Waals surface area contributed by atoms with Crippen LogP contribution in [0.2, 0.25) is 0 Å². The van der Waals surface area contributed by atoms with Gasteiger partial charge >= 0.3 is 12.2 Å². The molecule has 2 amide bonds. The molecule has 0 aromatic heterocycles. The quantitative estimate of drug-likeness (QED) is 0.617. The number of anilines is 1. The SMILES string of the molecule is O=C(Nc1ccc(F)cc1C(F)(F)F)N(CCCCO)C1CC1. The lowest BCUT2D eigenvalue weighted by Gasteiger charge is -2.24. The van der Waals surface area contributed by atoms with Crippen LogP contribution in [0.25, 0.3) is 0 Å². The van der Waals surface area contributed by atoms with Gasteiger partial charge in [-0.05, 0) is 43.9 Å². The largest absolute Gasteiger partial charge is 0.418 e. The van der Waals surface area contributed by atoms with E-state index in [0.29, 0.717) is 25.5 Å². The van der Waals surface area contributed by atoms with Crippen LogP contribution in [0.1, 0.15) is 31.2 Å². The minimum Gasteiger partial charge on any atom is -0.396 e. The second-order valence-electron chi connectivity index (χ2n) is 5.47. The van der Waals surface area contributed by atoms with Crippen molar-refractivity contribution >= 4 is 11.7 Å². The average Bonchev–Trinajstić information content (AvgIpc) is 3.29. The fourth-order valence-corrected chi connectivity index (χ4v) is 2.28. The van der Waals surface area contributed by atoms with E-state index < -0.39 is 29.3 Å². The topological polar surface area (TPSA) is 52.6 Å². The summed E-state index contributed by atoms with van der Waals surface area (Å²) < 4.78 is 51.9. The number of aliphatic hydroxyl groups excluding tert-OH is 1. The summed E-state index contributed by atoms with van der Waals surface area (Å²) in [5.74, 6) is -1.02.